The molecule has 0 heterocycles. The van der Waals surface area contributed by atoms with Gasteiger partial charge < -0.3 is 10.5 Å². The summed E-state index contributed by atoms with van der Waals surface area (Å²) in [6.07, 6.45) is 0. The first kappa shape index (κ1) is 13.6. The maximum absolute atomic E-state index is 12.3. The topological polar surface area (TPSA) is 52.3 Å². The Bertz CT molecular complexity index is 594. The van der Waals surface area contributed by atoms with Gasteiger partial charge in [0.2, 0.25) is 0 Å². The van der Waals surface area contributed by atoms with Crippen LogP contribution >= 0.6 is 15.9 Å². The first-order valence-electron chi connectivity index (χ1n) is 5.94. The molecule has 0 saturated carbocycles. The van der Waals surface area contributed by atoms with Crippen molar-refractivity contribution in [2.45, 2.75) is 6.92 Å². The Morgan fingerprint density at radius 2 is 1.79 bits per heavy atom. The van der Waals surface area contributed by atoms with E-state index in [9.17, 15) is 4.79 Å². The van der Waals surface area contributed by atoms with E-state index < -0.39 is 0 Å². The van der Waals surface area contributed by atoms with E-state index in [4.69, 9.17) is 10.5 Å². The van der Waals surface area contributed by atoms with E-state index in [1.54, 1.807) is 30.3 Å². The standard InChI is InChI=1S/C15H14BrNO2/c1-2-19-14-8-5-11(9-13(14)17)15(18)10-3-6-12(16)7-4-10/h3-9H,2,17H2,1H3. The van der Waals surface area contributed by atoms with Crippen molar-refractivity contribution in [2.24, 2.45) is 0 Å². The molecule has 3 nitrogen and oxygen atoms in total. The summed E-state index contributed by atoms with van der Waals surface area (Å²) in [6, 6.07) is 12.3. The molecule has 0 amide bonds. The van der Waals surface area contributed by atoms with Crippen molar-refractivity contribution in [2.75, 3.05) is 12.3 Å². The Kier molecular flexibility index (Phi) is 4.22. The zero-order valence-corrected chi connectivity index (χ0v) is 12.1. The van der Waals surface area contributed by atoms with Crippen molar-refractivity contribution in [3.05, 3.63) is 58.1 Å². The van der Waals surface area contributed by atoms with Crippen molar-refractivity contribution >= 4 is 27.4 Å². The van der Waals surface area contributed by atoms with E-state index in [0.717, 1.165) is 4.47 Å². The number of anilines is 1. The zero-order chi connectivity index (χ0) is 13.8. The van der Waals surface area contributed by atoms with Crippen LogP contribution in [0.15, 0.2) is 46.9 Å². The van der Waals surface area contributed by atoms with Crippen molar-refractivity contribution in [3.63, 3.8) is 0 Å². The lowest BCUT2D eigenvalue weighted by Gasteiger charge is -2.08. The second kappa shape index (κ2) is 5.89. The van der Waals surface area contributed by atoms with Gasteiger partial charge in [-0.3, -0.25) is 4.79 Å². The predicted octanol–water partition coefficient (Wildman–Crippen LogP) is 3.66. The summed E-state index contributed by atoms with van der Waals surface area (Å²) in [5.74, 6) is 0.553. The molecule has 0 aliphatic rings. The van der Waals surface area contributed by atoms with Crippen LogP contribution < -0.4 is 10.5 Å². The average molecular weight is 320 g/mol. The fourth-order valence-electron chi connectivity index (χ4n) is 1.74. The molecule has 0 fully saturated rings. The van der Waals surface area contributed by atoms with Gasteiger partial charge in [-0.15, -0.1) is 0 Å². The highest BCUT2D eigenvalue weighted by Crippen LogP contribution is 2.24. The molecule has 98 valence electrons. The van der Waals surface area contributed by atoms with E-state index in [-0.39, 0.29) is 5.78 Å². The number of ketones is 1. The third-order valence-electron chi connectivity index (χ3n) is 2.68. The summed E-state index contributed by atoms with van der Waals surface area (Å²) in [5, 5.41) is 0. The van der Waals surface area contributed by atoms with Crippen LogP contribution in [0.1, 0.15) is 22.8 Å². The molecule has 0 spiro atoms. The smallest absolute Gasteiger partial charge is 0.193 e. The Labute approximate surface area is 120 Å². The summed E-state index contributed by atoms with van der Waals surface area (Å²) in [7, 11) is 0. The van der Waals surface area contributed by atoms with E-state index >= 15 is 0 Å². The Morgan fingerprint density at radius 3 is 2.37 bits per heavy atom. The Balaban J connectivity index is 2.29. The van der Waals surface area contributed by atoms with Crippen LogP contribution in [0.25, 0.3) is 0 Å². The highest BCUT2D eigenvalue weighted by Gasteiger charge is 2.11. The number of ether oxygens (including phenoxy) is 1. The molecule has 0 atom stereocenters. The van der Waals surface area contributed by atoms with Gasteiger partial charge in [0.05, 0.1) is 12.3 Å². The molecule has 2 N–H and O–H groups in total. The van der Waals surface area contributed by atoms with Gasteiger partial charge in [-0.1, -0.05) is 15.9 Å². The molecule has 0 saturated heterocycles. The van der Waals surface area contributed by atoms with Crippen LogP contribution in [0.5, 0.6) is 5.75 Å². The van der Waals surface area contributed by atoms with Crippen molar-refractivity contribution in [3.8, 4) is 5.75 Å². The Hall–Kier alpha value is -1.81. The number of benzene rings is 2. The number of hydrogen-bond acceptors (Lipinski definition) is 3. The van der Waals surface area contributed by atoms with E-state index in [1.165, 1.54) is 0 Å². The van der Waals surface area contributed by atoms with Crippen molar-refractivity contribution in [1.82, 2.24) is 0 Å². The molecule has 0 aliphatic heterocycles. The van der Waals surface area contributed by atoms with Crippen LogP contribution in [0, 0.1) is 0 Å². The van der Waals surface area contributed by atoms with Crippen LogP contribution in [0.3, 0.4) is 0 Å². The molecule has 0 unspecified atom stereocenters. The van der Waals surface area contributed by atoms with Gasteiger partial charge in [-0.25, -0.2) is 0 Å². The fourth-order valence-corrected chi connectivity index (χ4v) is 2.01. The third-order valence-corrected chi connectivity index (χ3v) is 3.21. The maximum Gasteiger partial charge on any atom is 0.193 e. The second-order valence-corrected chi connectivity index (χ2v) is 4.94. The number of nitrogen functional groups attached to an aromatic ring is 1. The molecule has 4 heteroatoms. The zero-order valence-electron chi connectivity index (χ0n) is 10.5. The summed E-state index contributed by atoms with van der Waals surface area (Å²) in [5.41, 5.74) is 7.53. The van der Waals surface area contributed by atoms with Crippen LogP contribution in [0.4, 0.5) is 5.69 Å². The van der Waals surface area contributed by atoms with Gasteiger partial charge in [-0.05, 0) is 49.4 Å². The van der Waals surface area contributed by atoms with Crippen molar-refractivity contribution < 1.29 is 9.53 Å². The first-order chi connectivity index (χ1) is 9.11. The second-order valence-electron chi connectivity index (χ2n) is 4.02. The molecule has 0 aromatic heterocycles. The molecule has 0 aliphatic carbocycles. The van der Waals surface area contributed by atoms with Crippen LogP contribution in [0.2, 0.25) is 0 Å². The molecule has 19 heavy (non-hydrogen) atoms. The van der Waals surface area contributed by atoms with E-state index in [2.05, 4.69) is 15.9 Å². The van der Waals surface area contributed by atoms with Gasteiger partial charge in [0.25, 0.3) is 0 Å². The number of hydrogen-bond donors (Lipinski definition) is 1. The minimum Gasteiger partial charge on any atom is -0.492 e. The molecule has 0 radical (unpaired) electrons. The quantitative estimate of drug-likeness (QED) is 0.691. The SMILES string of the molecule is CCOc1ccc(C(=O)c2ccc(Br)cc2)cc1N. The number of carbonyl (C=O) groups is 1. The molecule has 2 aromatic rings. The highest BCUT2D eigenvalue weighted by molar-refractivity contribution is 9.10. The summed E-state index contributed by atoms with van der Waals surface area (Å²) in [4.78, 5) is 12.3. The van der Waals surface area contributed by atoms with Crippen LogP contribution in [-0.2, 0) is 0 Å². The molecule has 2 aromatic carbocycles. The van der Waals surface area contributed by atoms with Gasteiger partial charge >= 0.3 is 0 Å². The summed E-state index contributed by atoms with van der Waals surface area (Å²) in [6.45, 7) is 2.44. The van der Waals surface area contributed by atoms with Gasteiger partial charge in [-0.2, -0.15) is 0 Å². The molecule has 2 rings (SSSR count). The number of carbonyl (C=O) groups excluding carboxylic acids is 1. The minimum atomic E-state index is -0.0535. The normalized spacial score (nSPS) is 10.2. The third kappa shape index (κ3) is 3.15. The Morgan fingerprint density at radius 1 is 1.16 bits per heavy atom. The fraction of sp³-hybridized carbons (Fsp3) is 0.133. The lowest BCUT2D eigenvalue weighted by molar-refractivity contribution is 0.103. The summed E-state index contributed by atoms with van der Waals surface area (Å²) < 4.78 is 6.29. The van der Waals surface area contributed by atoms with E-state index in [1.807, 2.05) is 19.1 Å². The predicted molar refractivity (Wildman–Crippen MR) is 79.6 cm³/mol. The molecular weight excluding hydrogens is 306 g/mol. The monoisotopic (exact) mass is 319 g/mol. The number of rotatable bonds is 4. The van der Waals surface area contributed by atoms with Crippen LogP contribution in [-0.4, -0.2) is 12.4 Å². The lowest BCUT2D eigenvalue weighted by atomic mass is 10.0. The van der Waals surface area contributed by atoms with Gasteiger partial charge in [0.1, 0.15) is 5.75 Å². The minimum absolute atomic E-state index is 0.0535. The largest absolute Gasteiger partial charge is 0.492 e. The maximum atomic E-state index is 12.3. The molecule has 0 bridgehead atoms. The van der Waals surface area contributed by atoms with E-state index in [0.29, 0.717) is 29.2 Å². The number of halogens is 1. The highest BCUT2D eigenvalue weighted by atomic mass is 79.9. The first-order valence-corrected chi connectivity index (χ1v) is 6.73. The lowest BCUT2D eigenvalue weighted by Crippen LogP contribution is -2.03. The van der Waals surface area contributed by atoms with Crippen molar-refractivity contribution in [1.29, 1.82) is 0 Å². The van der Waals surface area contributed by atoms with Gasteiger partial charge in [0, 0.05) is 15.6 Å². The molecular formula is C15H14BrNO2. The number of nitrogens with two attached hydrogens (primary N) is 1. The van der Waals surface area contributed by atoms with Gasteiger partial charge in [0.15, 0.2) is 5.78 Å². The average Bonchev–Trinajstić information content (AvgIpc) is 2.41. The summed E-state index contributed by atoms with van der Waals surface area (Å²) >= 11 is 3.34.